The van der Waals surface area contributed by atoms with E-state index in [0.717, 1.165) is 11.1 Å². The first-order valence-corrected chi connectivity index (χ1v) is 15.1. The first-order chi connectivity index (χ1) is 18.9. The van der Waals surface area contributed by atoms with Gasteiger partial charge >= 0.3 is 6.09 Å². The van der Waals surface area contributed by atoms with Gasteiger partial charge in [0.25, 0.3) is 0 Å². The zero-order valence-electron chi connectivity index (χ0n) is 22.7. The molecule has 0 atom stereocenters. The minimum absolute atomic E-state index is 0.0626. The third-order valence-corrected chi connectivity index (χ3v) is 8.03. The second-order valence-electron chi connectivity index (χ2n) is 10.0. The summed E-state index contributed by atoms with van der Waals surface area (Å²) in [5.41, 5.74) is 1.19. The van der Waals surface area contributed by atoms with Crippen LogP contribution >= 0.6 is 23.2 Å². The summed E-state index contributed by atoms with van der Waals surface area (Å²) < 4.78 is 35.7. The molecule has 2 aromatic carbocycles. The number of carbonyl (C=O) groups excluding carboxylic acids is 2. The van der Waals surface area contributed by atoms with Crippen molar-refractivity contribution < 1.29 is 27.5 Å². The lowest BCUT2D eigenvalue weighted by atomic mass is 10.1. The summed E-state index contributed by atoms with van der Waals surface area (Å²) in [7, 11) is -3.72. The minimum atomic E-state index is -3.72. The van der Waals surface area contributed by atoms with Gasteiger partial charge in [-0.2, -0.15) is 0 Å². The highest BCUT2D eigenvalue weighted by molar-refractivity contribution is 7.91. The van der Waals surface area contributed by atoms with E-state index in [1.807, 2.05) is 45.0 Å². The number of rotatable bonds is 13. The summed E-state index contributed by atoms with van der Waals surface area (Å²) in [4.78, 5) is 30.5. The average Bonchev–Trinajstić information content (AvgIpc) is 3.36. The number of carbonyl (C=O) groups is 2. The predicted molar refractivity (Wildman–Crippen MR) is 155 cm³/mol. The van der Waals surface area contributed by atoms with Crippen LogP contribution in [0.2, 0.25) is 10.0 Å². The molecule has 2 N–H and O–H groups in total. The van der Waals surface area contributed by atoms with Crippen LogP contribution in [-0.4, -0.2) is 81.9 Å². The zero-order valence-corrected chi connectivity index (χ0v) is 25.0. The second kappa shape index (κ2) is 14.4. The first kappa shape index (κ1) is 32.0. The lowest BCUT2D eigenvalue weighted by Gasteiger charge is -2.25. The maximum absolute atomic E-state index is 12.5. The molecule has 0 spiro atoms. The van der Waals surface area contributed by atoms with Crippen LogP contribution in [0.4, 0.5) is 4.79 Å². The van der Waals surface area contributed by atoms with Crippen molar-refractivity contribution in [2.24, 2.45) is 4.99 Å². The summed E-state index contributed by atoms with van der Waals surface area (Å²) in [5, 5.41) is 5.97. The predicted octanol–water partition coefficient (Wildman–Crippen LogP) is 3.69. The molecule has 0 saturated heterocycles. The van der Waals surface area contributed by atoms with E-state index >= 15 is 0 Å². The van der Waals surface area contributed by atoms with Crippen molar-refractivity contribution in [3.8, 4) is 0 Å². The molecule has 0 aliphatic carbocycles. The molecule has 2 aromatic rings. The van der Waals surface area contributed by atoms with Crippen molar-refractivity contribution in [2.75, 3.05) is 45.3 Å². The Bertz CT molecular complexity index is 1310. The van der Waals surface area contributed by atoms with E-state index in [0.29, 0.717) is 25.5 Å². The number of ketones is 1. The molecule has 40 heavy (non-hydrogen) atoms. The fourth-order valence-electron chi connectivity index (χ4n) is 3.75. The van der Waals surface area contributed by atoms with Crippen LogP contribution in [0, 0.1) is 0 Å². The first-order valence-electron chi connectivity index (χ1n) is 12.7. The SMILES string of the molecule is CC(C)(C)OC(=O)N1CCN=C1c1ccc(CNCC(=O)COCCNCS(=O)(=O)c2c(Cl)cccc2Cl)cc1. The quantitative estimate of drug-likeness (QED) is 0.328. The van der Waals surface area contributed by atoms with E-state index in [9.17, 15) is 18.0 Å². The van der Waals surface area contributed by atoms with Gasteiger partial charge in [-0.25, -0.2) is 13.2 Å². The molecule has 3 rings (SSSR count). The number of aliphatic imine (C=N–C) groups is 1. The molecule has 0 unspecified atom stereocenters. The van der Waals surface area contributed by atoms with E-state index < -0.39 is 21.5 Å². The summed E-state index contributed by atoms with van der Waals surface area (Å²) in [6.45, 7) is 7.34. The van der Waals surface area contributed by atoms with Crippen LogP contribution in [0.3, 0.4) is 0 Å². The topological polar surface area (TPSA) is 126 Å². The smallest absolute Gasteiger partial charge is 0.416 e. The number of amidine groups is 1. The number of nitrogens with zero attached hydrogens (tertiary/aromatic N) is 2. The third-order valence-electron chi connectivity index (χ3n) is 5.53. The van der Waals surface area contributed by atoms with E-state index in [1.165, 1.54) is 12.1 Å². The van der Waals surface area contributed by atoms with Gasteiger partial charge in [0.1, 0.15) is 28.8 Å². The van der Waals surface area contributed by atoms with Gasteiger partial charge in [-0.15, -0.1) is 0 Å². The molecule has 10 nitrogen and oxygen atoms in total. The highest BCUT2D eigenvalue weighted by atomic mass is 35.5. The monoisotopic (exact) mass is 612 g/mol. The van der Waals surface area contributed by atoms with Gasteiger partial charge in [-0.05, 0) is 38.5 Å². The molecule has 0 radical (unpaired) electrons. The van der Waals surface area contributed by atoms with Crippen LogP contribution in [0.5, 0.6) is 0 Å². The minimum Gasteiger partial charge on any atom is -0.443 e. The Labute approximate surface area is 244 Å². The molecule has 1 aliphatic heterocycles. The lowest BCUT2D eigenvalue weighted by molar-refractivity contribution is -0.122. The summed E-state index contributed by atoms with van der Waals surface area (Å²) in [5.74, 6) is 0.0850. The van der Waals surface area contributed by atoms with Gasteiger partial charge in [-0.3, -0.25) is 14.7 Å². The highest BCUT2D eigenvalue weighted by Gasteiger charge is 2.29. The number of nitrogens with one attached hydrogen (secondary N) is 2. The third kappa shape index (κ3) is 9.53. The normalized spacial score (nSPS) is 13.8. The maximum atomic E-state index is 12.5. The summed E-state index contributed by atoms with van der Waals surface area (Å²) >= 11 is 12.0. The van der Waals surface area contributed by atoms with Crippen LogP contribution in [0.15, 0.2) is 52.4 Å². The summed E-state index contributed by atoms with van der Waals surface area (Å²) in [6.07, 6.45) is -0.418. The maximum Gasteiger partial charge on any atom is 0.416 e. The van der Waals surface area contributed by atoms with Crippen LogP contribution in [0.25, 0.3) is 0 Å². The van der Waals surface area contributed by atoms with Gasteiger partial charge in [0.15, 0.2) is 15.6 Å². The molecular weight excluding hydrogens is 579 g/mol. The molecule has 0 saturated carbocycles. The van der Waals surface area contributed by atoms with Crippen molar-refractivity contribution >= 4 is 50.8 Å². The van der Waals surface area contributed by atoms with Crippen molar-refractivity contribution in [3.63, 3.8) is 0 Å². The molecule has 1 aliphatic rings. The molecule has 0 fully saturated rings. The average molecular weight is 614 g/mol. The van der Waals surface area contributed by atoms with Crippen LogP contribution < -0.4 is 10.6 Å². The molecular formula is C27H34Cl2N4O6S. The van der Waals surface area contributed by atoms with Gasteiger partial charge < -0.3 is 20.1 Å². The van der Waals surface area contributed by atoms with Crippen LogP contribution in [0.1, 0.15) is 31.9 Å². The van der Waals surface area contributed by atoms with Crippen molar-refractivity contribution in [1.29, 1.82) is 0 Å². The largest absolute Gasteiger partial charge is 0.443 e. The number of amides is 1. The number of benzene rings is 2. The van der Waals surface area contributed by atoms with E-state index in [1.54, 1.807) is 11.0 Å². The Morgan fingerprint density at radius 1 is 1.05 bits per heavy atom. The Kier molecular flexibility index (Phi) is 11.5. The van der Waals surface area contributed by atoms with E-state index in [-0.39, 0.29) is 52.9 Å². The molecule has 1 heterocycles. The molecule has 13 heteroatoms. The number of Topliss-reactive ketones (excluding diaryl/α,β-unsaturated/α-hetero) is 1. The number of ether oxygens (including phenoxy) is 2. The molecule has 218 valence electrons. The fraction of sp³-hybridized carbons (Fsp3) is 0.444. The van der Waals surface area contributed by atoms with Crippen molar-refractivity contribution in [3.05, 3.63) is 63.6 Å². The van der Waals surface area contributed by atoms with Crippen molar-refractivity contribution in [2.45, 2.75) is 37.8 Å². The second-order valence-corrected chi connectivity index (χ2v) is 12.8. The van der Waals surface area contributed by atoms with Crippen molar-refractivity contribution in [1.82, 2.24) is 15.5 Å². The molecule has 0 aromatic heterocycles. The number of sulfone groups is 1. The van der Waals surface area contributed by atoms with Gasteiger partial charge in [0.05, 0.1) is 36.3 Å². The van der Waals surface area contributed by atoms with Crippen LogP contribution in [-0.2, 0) is 30.7 Å². The fourth-order valence-corrected chi connectivity index (χ4v) is 6.14. The Morgan fingerprint density at radius 2 is 1.73 bits per heavy atom. The number of hydrogen-bond donors (Lipinski definition) is 2. The number of hydrogen-bond acceptors (Lipinski definition) is 9. The molecule has 0 bridgehead atoms. The standard InChI is InChI=1S/C27H34Cl2N4O6S/c1-27(2,3)39-26(35)33-13-11-32-25(33)20-9-7-19(8-10-20)15-31-16-21(34)17-38-14-12-30-18-40(36,37)24-22(28)5-4-6-23(24)29/h4-10,30-31H,11-18H2,1-3H3. The Hall–Kier alpha value is -2.54. The Morgan fingerprint density at radius 3 is 2.38 bits per heavy atom. The Balaban J connectivity index is 1.33. The molecule has 1 amide bonds. The highest BCUT2D eigenvalue weighted by Crippen LogP contribution is 2.29. The van der Waals surface area contributed by atoms with E-state index in [2.05, 4.69) is 15.6 Å². The van der Waals surface area contributed by atoms with Gasteiger partial charge in [-0.1, -0.05) is 53.5 Å². The number of halogens is 2. The van der Waals surface area contributed by atoms with E-state index in [4.69, 9.17) is 32.7 Å². The van der Waals surface area contributed by atoms with Gasteiger partial charge in [0, 0.05) is 18.7 Å². The zero-order chi connectivity index (χ0) is 29.3. The van der Waals surface area contributed by atoms with Gasteiger partial charge in [0.2, 0.25) is 0 Å². The lowest BCUT2D eigenvalue weighted by Crippen LogP contribution is -2.39. The summed E-state index contributed by atoms with van der Waals surface area (Å²) in [6, 6.07) is 12.1.